The minimum Gasteiger partial charge on any atom is -0.326 e. The van der Waals surface area contributed by atoms with Crippen LogP contribution < -0.4 is 5.73 Å². The van der Waals surface area contributed by atoms with Crippen molar-refractivity contribution in [2.75, 3.05) is 13.1 Å². The smallest absolute Gasteiger partial charge is 0.245 e. The Morgan fingerprint density at radius 1 is 1.26 bits per heavy atom. The topological polar surface area (TPSA) is 76.3 Å². The third-order valence-corrected chi connectivity index (χ3v) is 5.30. The molecule has 1 aliphatic rings. The fourth-order valence-corrected chi connectivity index (χ4v) is 4.07. The zero-order chi connectivity index (χ0) is 13.5. The third-order valence-electron chi connectivity index (χ3n) is 3.40. The number of sulfonamides is 1. The lowest BCUT2D eigenvalue weighted by molar-refractivity contribution is 0.473. The number of rotatable bonds is 2. The minimum absolute atomic E-state index is 0.0716. The summed E-state index contributed by atoms with van der Waals surface area (Å²) in [5.74, 6) is 0. The number of hydrogen-bond donors (Lipinski definition) is 1. The summed E-state index contributed by atoms with van der Waals surface area (Å²) in [6, 6.07) is 8.79. The van der Waals surface area contributed by atoms with Crippen molar-refractivity contribution in [1.82, 2.24) is 9.29 Å². The largest absolute Gasteiger partial charge is 0.326 e. The molecule has 100 valence electrons. The van der Waals surface area contributed by atoms with Crippen LogP contribution in [-0.2, 0) is 10.0 Å². The molecule has 19 heavy (non-hydrogen) atoms. The number of pyridine rings is 1. The van der Waals surface area contributed by atoms with E-state index in [1.165, 1.54) is 4.31 Å². The number of benzene rings is 1. The second-order valence-electron chi connectivity index (χ2n) is 4.74. The zero-order valence-electron chi connectivity index (χ0n) is 10.4. The first kappa shape index (κ1) is 12.5. The van der Waals surface area contributed by atoms with E-state index in [1.54, 1.807) is 24.4 Å². The third kappa shape index (κ3) is 2.11. The fourth-order valence-electron chi connectivity index (χ4n) is 2.40. The molecule has 0 unspecified atom stereocenters. The molecule has 0 spiro atoms. The molecule has 0 radical (unpaired) electrons. The van der Waals surface area contributed by atoms with Gasteiger partial charge in [0.1, 0.15) is 4.90 Å². The molecule has 2 N–H and O–H groups in total. The Morgan fingerprint density at radius 3 is 2.79 bits per heavy atom. The van der Waals surface area contributed by atoms with Crippen LogP contribution >= 0.6 is 0 Å². The van der Waals surface area contributed by atoms with Crippen molar-refractivity contribution in [2.24, 2.45) is 5.73 Å². The number of aromatic nitrogens is 1. The van der Waals surface area contributed by atoms with E-state index >= 15 is 0 Å². The van der Waals surface area contributed by atoms with Crippen LogP contribution in [0.25, 0.3) is 10.9 Å². The van der Waals surface area contributed by atoms with Crippen LogP contribution in [0.15, 0.2) is 41.4 Å². The maximum atomic E-state index is 12.6. The summed E-state index contributed by atoms with van der Waals surface area (Å²) in [7, 11) is -3.51. The van der Waals surface area contributed by atoms with E-state index in [4.69, 9.17) is 5.73 Å². The van der Waals surface area contributed by atoms with E-state index < -0.39 is 10.0 Å². The van der Waals surface area contributed by atoms with E-state index in [0.717, 1.165) is 5.39 Å². The van der Waals surface area contributed by atoms with Gasteiger partial charge < -0.3 is 5.73 Å². The first-order chi connectivity index (χ1) is 9.09. The molecular weight excluding hydrogens is 262 g/mol. The molecule has 0 saturated carbocycles. The number of nitrogens with two attached hydrogens (primary N) is 1. The van der Waals surface area contributed by atoms with Gasteiger partial charge in [-0.05, 0) is 18.6 Å². The normalized spacial score (nSPS) is 21.0. The molecule has 2 heterocycles. The Balaban J connectivity index is 2.14. The number of hydrogen-bond acceptors (Lipinski definition) is 4. The molecular formula is C13H15N3O2S. The summed E-state index contributed by atoms with van der Waals surface area (Å²) in [4.78, 5) is 4.46. The van der Waals surface area contributed by atoms with Gasteiger partial charge in [-0.2, -0.15) is 4.31 Å². The summed E-state index contributed by atoms with van der Waals surface area (Å²) >= 11 is 0. The molecule has 1 aliphatic heterocycles. The van der Waals surface area contributed by atoms with Crippen molar-refractivity contribution in [3.8, 4) is 0 Å². The highest BCUT2D eigenvalue weighted by Crippen LogP contribution is 2.26. The fraction of sp³-hybridized carbons (Fsp3) is 0.308. The number of fused-ring (bicyclic) bond motifs is 1. The van der Waals surface area contributed by atoms with Crippen LogP contribution in [0.5, 0.6) is 0 Å². The van der Waals surface area contributed by atoms with Gasteiger partial charge in [0.25, 0.3) is 0 Å². The number of para-hydroxylation sites is 1. The summed E-state index contributed by atoms with van der Waals surface area (Å²) in [5.41, 5.74) is 6.31. The highest BCUT2D eigenvalue weighted by Gasteiger charge is 2.32. The van der Waals surface area contributed by atoms with Crippen LogP contribution in [0.3, 0.4) is 0 Å². The highest BCUT2D eigenvalue weighted by atomic mass is 32.2. The summed E-state index contributed by atoms with van der Waals surface area (Å²) in [6.45, 7) is 0.859. The van der Waals surface area contributed by atoms with Gasteiger partial charge in [0, 0.05) is 30.7 Å². The molecule has 1 aromatic heterocycles. The van der Waals surface area contributed by atoms with Gasteiger partial charge in [-0.3, -0.25) is 4.98 Å². The Labute approximate surface area is 112 Å². The predicted molar refractivity (Wildman–Crippen MR) is 73.1 cm³/mol. The molecule has 1 fully saturated rings. The van der Waals surface area contributed by atoms with Gasteiger partial charge >= 0.3 is 0 Å². The molecule has 1 aromatic carbocycles. The molecule has 0 amide bonds. The van der Waals surface area contributed by atoms with E-state index in [1.807, 2.05) is 12.1 Å². The standard InChI is InChI=1S/C13H15N3O2S/c14-11-6-8-16(9-11)19(17,18)12-5-1-3-10-4-2-7-15-13(10)12/h1-5,7,11H,6,8-9,14H2/t11-/m1/s1. The van der Waals surface area contributed by atoms with Gasteiger partial charge in [-0.15, -0.1) is 0 Å². The Kier molecular flexibility index (Phi) is 3.00. The maximum absolute atomic E-state index is 12.6. The zero-order valence-corrected chi connectivity index (χ0v) is 11.2. The van der Waals surface area contributed by atoms with Crippen LogP contribution in [0.1, 0.15) is 6.42 Å². The van der Waals surface area contributed by atoms with Gasteiger partial charge in [0.15, 0.2) is 0 Å². The van der Waals surface area contributed by atoms with Crippen LogP contribution in [-0.4, -0.2) is 36.8 Å². The lowest BCUT2D eigenvalue weighted by atomic mass is 10.2. The average molecular weight is 277 g/mol. The molecule has 0 aliphatic carbocycles. The van der Waals surface area contributed by atoms with Crippen LogP contribution in [0.4, 0.5) is 0 Å². The van der Waals surface area contributed by atoms with Gasteiger partial charge in [0.2, 0.25) is 10.0 Å². The number of nitrogens with zero attached hydrogens (tertiary/aromatic N) is 2. The Bertz CT molecular complexity index is 709. The van der Waals surface area contributed by atoms with Gasteiger partial charge in [-0.1, -0.05) is 18.2 Å². The first-order valence-corrected chi connectivity index (χ1v) is 7.62. The van der Waals surface area contributed by atoms with Crippen molar-refractivity contribution in [3.63, 3.8) is 0 Å². The van der Waals surface area contributed by atoms with Gasteiger partial charge in [-0.25, -0.2) is 8.42 Å². The monoisotopic (exact) mass is 277 g/mol. The van der Waals surface area contributed by atoms with E-state index in [9.17, 15) is 8.42 Å². The van der Waals surface area contributed by atoms with Crippen LogP contribution in [0.2, 0.25) is 0 Å². The van der Waals surface area contributed by atoms with Crippen molar-refractivity contribution < 1.29 is 8.42 Å². The molecule has 6 heteroatoms. The molecule has 2 aromatic rings. The van der Waals surface area contributed by atoms with Crippen molar-refractivity contribution >= 4 is 20.9 Å². The van der Waals surface area contributed by atoms with Gasteiger partial charge in [0.05, 0.1) is 5.52 Å². The van der Waals surface area contributed by atoms with Crippen molar-refractivity contribution in [2.45, 2.75) is 17.4 Å². The van der Waals surface area contributed by atoms with Crippen molar-refractivity contribution in [3.05, 3.63) is 36.5 Å². The molecule has 1 saturated heterocycles. The summed E-state index contributed by atoms with van der Waals surface area (Å²) in [6.07, 6.45) is 2.31. The maximum Gasteiger partial charge on any atom is 0.245 e. The highest BCUT2D eigenvalue weighted by molar-refractivity contribution is 7.89. The molecule has 0 bridgehead atoms. The Morgan fingerprint density at radius 2 is 2.05 bits per heavy atom. The van der Waals surface area contributed by atoms with E-state index in [0.29, 0.717) is 25.0 Å². The first-order valence-electron chi connectivity index (χ1n) is 6.18. The average Bonchev–Trinajstić information content (AvgIpc) is 2.85. The molecule has 5 nitrogen and oxygen atoms in total. The summed E-state index contributed by atoms with van der Waals surface area (Å²) in [5, 5.41) is 0.826. The Hall–Kier alpha value is -1.50. The molecule has 1 atom stereocenters. The van der Waals surface area contributed by atoms with Crippen molar-refractivity contribution in [1.29, 1.82) is 0 Å². The van der Waals surface area contributed by atoms with E-state index in [-0.39, 0.29) is 10.9 Å². The lowest BCUT2D eigenvalue weighted by Gasteiger charge is -2.16. The lowest BCUT2D eigenvalue weighted by Crippen LogP contribution is -2.32. The SMILES string of the molecule is N[C@@H]1CCN(S(=O)(=O)c2cccc3cccnc23)C1. The minimum atomic E-state index is -3.51. The quantitative estimate of drug-likeness (QED) is 0.887. The summed E-state index contributed by atoms with van der Waals surface area (Å²) < 4.78 is 26.7. The second-order valence-corrected chi connectivity index (χ2v) is 6.65. The molecule has 3 rings (SSSR count). The second kappa shape index (κ2) is 4.56. The predicted octanol–water partition coefficient (Wildman–Crippen LogP) is 0.956. The van der Waals surface area contributed by atoms with Crippen LogP contribution in [0, 0.1) is 0 Å². The van der Waals surface area contributed by atoms with E-state index in [2.05, 4.69) is 4.98 Å².